The van der Waals surface area contributed by atoms with Crippen molar-refractivity contribution in [3.8, 4) is 0 Å². The molecule has 1 N–H and O–H groups in total. The van der Waals surface area contributed by atoms with Crippen LogP contribution in [0.3, 0.4) is 0 Å². The summed E-state index contributed by atoms with van der Waals surface area (Å²) in [5.74, 6) is -0.675. The standard InChI is InChI=1S/C22H22F3N3O2/c1-16(29)26-20(14-17-6-3-2-4-7-17)21(30)28-12-10-27(11-13-28)19-9-5-8-18(15-19)22(23,24)25/h2-9,14-15H,10-13H2,1H3,(H,26,29)/b20-14-. The molecule has 30 heavy (non-hydrogen) atoms. The molecule has 2 aromatic rings. The van der Waals surface area contributed by atoms with Gasteiger partial charge in [-0.05, 0) is 29.8 Å². The second-order valence-corrected chi connectivity index (χ2v) is 6.98. The Labute approximate surface area is 172 Å². The van der Waals surface area contributed by atoms with Crippen molar-refractivity contribution in [3.05, 3.63) is 71.4 Å². The third-order valence-corrected chi connectivity index (χ3v) is 4.76. The Morgan fingerprint density at radius 3 is 2.23 bits per heavy atom. The van der Waals surface area contributed by atoms with Gasteiger partial charge in [-0.25, -0.2) is 0 Å². The third-order valence-electron chi connectivity index (χ3n) is 4.76. The Morgan fingerprint density at radius 1 is 0.967 bits per heavy atom. The summed E-state index contributed by atoms with van der Waals surface area (Å²) < 4.78 is 38.9. The molecule has 1 fully saturated rings. The van der Waals surface area contributed by atoms with E-state index in [4.69, 9.17) is 0 Å². The molecule has 1 heterocycles. The van der Waals surface area contributed by atoms with Gasteiger partial charge >= 0.3 is 6.18 Å². The van der Waals surface area contributed by atoms with Crippen LogP contribution in [0, 0.1) is 0 Å². The fourth-order valence-corrected chi connectivity index (χ4v) is 3.27. The van der Waals surface area contributed by atoms with E-state index in [9.17, 15) is 22.8 Å². The molecule has 0 unspecified atom stereocenters. The number of piperazine rings is 1. The van der Waals surface area contributed by atoms with Gasteiger partial charge < -0.3 is 15.1 Å². The Kier molecular flexibility index (Phi) is 6.44. The number of benzene rings is 2. The molecule has 2 aromatic carbocycles. The van der Waals surface area contributed by atoms with Crippen LogP contribution in [0.5, 0.6) is 0 Å². The number of carbonyl (C=O) groups is 2. The molecule has 8 heteroatoms. The molecule has 1 aliphatic heterocycles. The van der Waals surface area contributed by atoms with Gasteiger partial charge in [-0.1, -0.05) is 36.4 Å². The molecule has 0 aliphatic carbocycles. The summed E-state index contributed by atoms with van der Waals surface area (Å²) in [6, 6.07) is 14.3. The molecule has 0 spiro atoms. The summed E-state index contributed by atoms with van der Waals surface area (Å²) in [6.45, 7) is 2.79. The first kappa shape index (κ1) is 21.4. The minimum Gasteiger partial charge on any atom is -0.368 e. The summed E-state index contributed by atoms with van der Waals surface area (Å²) in [7, 11) is 0. The minimum absolute atomic E-state index is 0.168. The quantitative estimate of drug-likeness (QED) is 0.775. The highest BCUT2D eigenvalue weighted by Gasteiger charge is 2.31. The number of hydrogen-bond acceptors (Lipinski definition) is 3. The third kappa shape index (κ3) is 5.40. The Hall–Kier alpha value is -3.29. The number of halogens is 3. The summed E-state index contributed by atoms with van der Waals surface area (Å²) >= 11 is 0. The number of nitrogens with one attached hydrogen (secondary N) is 1. The van der Waals surface area contributed by atoms with Crippen LogP contribution in [-0.2, 0) is 15.8 Å². The van der Waals surface area contributed by atoms with Crippen molar-refractivity contribution in [2.24, 2.45) is 0 Å². The molecule has 0 radical (unpaired) electrons. The van der Waals surface area contributed by atoms with Crippen LogP contribution in [0.15, 0.2) is 60.3 Å². The molecular formula is C22H22F3N3O2. The highest BCUT2D eigenvalue weighted by atomic mass is 19.4. The van der Waals surface area contributed by atoms with Crippen molar-refractivity contribution < 1.29 is 22.8 Å². The number of rotatable bonds is 4. The number of anilines is 1. The largest absolute Gasteiger partial charge is 0.416 e. The number of nitrogens with zero attached hydrogens (tertiary/aromatic N) is 2. The Morgan fingerprint density at radius 2 is 1.63 bits per heavy atom. The van der Waals surface area contributed by atoms with Crippen molar-refractivity contribution in [3.63, 3.8) is 0 Å². The molecule has 1 saturated heterocycles. The number of alkyl halides is 3. The van der Waals surface area contributed by atoms with Crippen molar-refractivity contribution in [2.75, 3.05) is 31.1 Å². The van der Waals surface area contributed by atoms with Gasteiger partial charge in [-0.3, -0.25) is 9.59 Å². The topological polar surface area (TPSA) is 52.7 Å². The van der Waals surface area contributed by atoms with Crippen LogP contribution in [0.2, 0.25) is 0 Å². The van der Waals surface area contributed by atoms with Gasteiger partial charge in [0.25, 0.3) is 5.91 Å². The van der Waals surface area contributed by atoms with Crippen molar-refractivity contribution in [2.45, 2.75) is 13.1 Å². The van der Waals surface area contributed by atoms with Gasteiger partial charge in [0.2, 0.25) is 5.91 Å². The van der Waals surface area contributed by atoms with E-state index in [2.05, 4.69) is 5.32 Å². The normalized spacial score (nSPS) is 15.1. The van der Waals surface area contributed by atoms with E-state index in [1.165, 1.54) is 13.0 Å². The lowest BCUT2D eigenvalue weighted by Gasteiger charge is -2.36. The lowest BCUT2D eigenvalue weighted by Crippen LogP contribution is -2.50. The van der Waals surface area contributed by atoms with Gasteiger partial charge in [0, 0.05) is 38.8 Å². The first-order chi connectivity index (χ1) is 14.2. The van der Waals surface area contributed by atoms with E-state index in [1.54, 1.807) is 17.0 Å². The van der Waals surface area contributed by atoms with Gasteiger partial charge in [-0.15, -0.1) is 0 Å². The van der Waals surface area contributed by atoms with Gasteiger partial charge in [0.1, 0.15) is 5.70 Å². The van der Waals surface area contributed by atoms with Crippen LogP contribution in [-0.4, -0.2) is 42.9 Å². The number of carbonyl (C=O) groups excluding carboxylic acids is 2. The van der Waals surface area contributed by atoms with E-state index in [1.807, 2.05) is 35.2 Å². The zero-order chi connectivity index (χ0) is 21.7. The zero-order valence-electron chi connectivity index (χ0n) is 16.4. The minimum atomic E-state index is -4.40. The SMILES string of the molecule is CC(=O)N/C(=C\c1ccccc1)C(=O)N1CCN(c2cccc(C(F)(F)F)c2)CC1. The maximum atomic E-state index is 13.0. The molecule has 0 bridgehead atoms. The van der Waals surface area contributed by atoms with Crippen LogP contribution < -0.4 is 10.2 Å². The van der Waals surface area contributed by atoms with Crippen molar-refractivity contribution in [1.29, 1.82) is 0 Å². The number of hydrogen-bond donors (Lipinski definition) is 1. The second kappa shape index (κ2) is 9.02. The fourth-order valence-electron chi connectivity index (χ4n) is 3.27. The summed E-state index contributed by atoms with van der Waals surface area (Å²) in [4.78, 5) is 27.9. The zero-order valence-corrected chi connectivity index (χ0v) is 16.4. The molecule has 0 saturated carbocycles. The molecule has 2 amide bonds. The molecule has 0 aromatic heterocycles. The molecule has 158 valence electrons. The summed E-state index contributed by atoms with van der Waals surface area (Å²) in [5.41, 5.74) is 0.717. The maximum Gasteiger partial charge on any atom is 0.416 e. The van der Waals surface area contributed by atoms with Gasteiger partial charge in [0.15, 0.2) is 0 Å². The van der Waals surface area contributed by atoms with Crippen molar-refractivity contribution >= 4 is 23.6 Å². The molecular weight excluding hydrogens is 395 g/mol. The smallest absolute Gasteiger partial charge is 0.368 e. The molecule has 1 aliphatic rings. The van der Waals surface area contributed by atoms with Crippen LogP contribution in [0.1, 0.15) is 18.1 Å². The average Bonchev–Trinajstić information content (AvgIpc) is 2.73. The lowest BCUT2D eigenvalue weighted by molar-refractivity contribution is -0.137. The van der Waals surface area contributed by atoms with E-state index >= 15 is 0 Å². The van der Waals surface area contributed by atoms with Crippen molar-refractivity contribution in [1.82, 2.24) is 10.2 Å². The molecule has 0 atom stereocenters. The van der Waals surface area contributed by atoms with E-state index < -0.39 is 11.7 Å². The summed E-state index contributed by atoms with van der Waals surface area (Å²) in [6.07, 6.45) is -2.79. The highest BCUT2D eigenvalue weighted by Crippen LogP contribution is 2.31. The van der Waals surface area contributed by atoms with E-state index in [0.29, 0.717) is 31.9 Å². The van der Waals surface area contributed by atoms with E-state index in [-0.39, 0.29) is 17.5 Å². The molecule has 5 nitrogen and oxygen atoms in total. The van der Waals surface area contributed by atoms with Crippen LogP contribution >= 0.6 is 0 Å². The predicted octanol–water partition coefficient (Wildman–Crippen LogP) is 3.53. The second-order valence-electron chi connectivity index (χ2n) is 6.98. The monoisotopic (exact) mass is 417 g/mol. The first-order valence-electron chi connectivity index (χ1n) is 9.50. The Balaban J connectivity index is 1.71. The first-order valence-corrected chi connectivity index (χ1v) is 9.50. The number of amides is 2. The average molecular weight is 417 g/mol. The van der Waals surface area contributed by atoms with Gasteiger partial charge in [-0.2, -0.15) is 13.2 Å². The summed E-state index contributed by atoms with van der Waals surface area (Å²) in [5, 5.41) is 2.58. The predicted molar refractivity (Wildman–Crippen MR) is 108 cm³/mol. The highest BCUT2D eigenvalue weighted by molar-refractivity contribution is 6.01. The molecule has 3 rings (SSSR count). The van der Waals surface area contributed by atoms with Crippen LogP contribution in [0.25, 0.3) is 6.08 Å². The Bertz CT molecular complexity index is 934. The lowest BCUT2D eigenvalue weighted by atomic mass is 10.1. The van der Waals surface area contributed by atoms with Gasteiger partial charge in [0.05, 0.1) is 5.56 Å². The fraction of sp³-hybridized carbons (Fsp3) is 0.273. The van der Waals surface area contributed by atoms with Crippen LogP contribution in [0.4, 0.5) is 18.9 Å². The maximum absolute atomic E-state index is 13.0. The van der Waals surface area contributed by atoms with E-state index in [0.717, 1.165) is 17.7 Å².